The fraction of sp³-hybridized carbons (Fsp3) is 0.300. The summed E-state index contributed by atoms with van der Waals surface area (Å²) in [6, 6.07) is 5.42. The Kier molecular flexibility index (Phi) is 5.03. The molecule has 0 aliphatic rings. The van der Waals surface area contributed by atoms with E-state index in [1.807, 2.05) is 12.1 Å². The number of rotatable bonds is 5. The molecule has 0 aliphatic carbocycles. The molecule has 0 unspecified atom stereocenters. The third kappa shape index (κ3) is 5.10. The van der Waals surface area contributed by atoms with Gasteiger partial charge >= 0.3 is 0 Å². The summed E-state index contributed by atoms with van der Waals surface area (Å²) < 4.78 is 22.9. The van der Waals surface area contributed by atoms with Crippen LogP contribution in [0.2, 0.25) is 0 Å². The van der Waals surface area contributed by atoms with Gasteiger partial charge in [0.05, 0.1) is 5.75 Å². The van der Waals surface area contributed by atoms with Gasteiger partial charge < -0.3 is 5.73 Å². The van der Waals surface area contributed by atoms with Gasteiger partial charge in [-0.2, -0.15) is 0 Å². The molecular weight excluding hydrogens is 324 g/mol. The number of benzene rings is 1. The lowest BCUT2D eigenvalue weighted by Gasteiger charge is -2.08. The second-order valence-corrected chi connectivity index (χ2v) is 7.84. The van der Waals surface area contributed by atoms with Crippen molar-refractivity contribution in [2.75, 3.05) is 17.8 Å². The minimum absolute atomic E-state index is 0.0202. The van der Waals surface area contributed by atoms with Gasteiger partial charge in [-0.1, -0.05) is 15.9 Å². The Hall–Kier alpha value is -0.530. The van der Waals surface area contributed by atoms with Gasteiger partial charge in [0.1, 0.15) is 15.7 Å². The predicted octanol–water partition coefficient (Wildman–Crippen LogP) is 1.87. The molecule has 0 saturated carbocycles. The lowest BCUT2D eigenvalue weighted by molar-refractivity contribution is 0.603. The molecule has 94 valence electrons. The van der Waals surface area contributed by atoms with Gasteiger partial charge in [-0.25, -0.2) is 8.42 Å². The van der Waals surface area contributed by atoms with Crippen LogP contribution in [0.25, 0.3) is 0 Å². The number of hydrogen-bond donors (Lipinski definition) is 2. The van der Waals surface area contributed by atoms with Gasteiger partial charge in [-0.05, 0) is 18.2 Å². The van der Waals surface area contributed by atoms with E-state index in [1.165, 1.54) is 18.0 Å². The summed E-state index contributed by atoms with van der Waals surface area (Å²) in [7, 11) is -2.95. The van der Waals surface area contributed by atoms with Gasteiger partial charge in [0.2, 0.25) is 0 Å². The lowest BCUT2D eigenvalue weighted by atomic mass is 10.2. The monoisotopic (exact) mass is 336 g/mol. The second kappa shape index (κ2) is 5.88. The van der Waals surface area contributed by atoms with Crippen molar-refractivity contribution in [1.82, 2.24) is 0 Å². The highest BCUT2D eigenvalue weighted by Crippen LogP contribution is 2.25. The van der Waals surface area contributed by atoms with E-state index in [-0.39, 0.29) is 11.6 Å². The molecule has 0 fully saturated rings. The fourth-order valence-electron chi connectivity index (χ4n) is 1.14. The molecule has 7 heteroatoms. The molecule has 1 rings (SSSR count). The molecule has 0 radical (unpaired) electrons. The molecule has 0 atom stereocenters. The number of nitrogens with two attached hydrogens (primary N) is 1. The van der Waals surface area contributed by atoms with E-state index >= 15 is 0 Å². The van der Waals surface area contributed by atoms with Crippen LogP contribution in [0.3, 0.4) is 0 Å². The Morgan fingerprint density at radius 3 is 2.71 bits per heavy atom. The number of sulfone groups is 1. The summed E-state index contributed by atoms with van der Waals surface area (Å²) in [4.78, 5) is 0.823. The van der Waals surface area contributed by atoms with Crippen LogP contribution >= 0.6 is 27.7 Å². The zero-order chi connectivity index (χ0) is 13.1. The van der Waals surface area contributed by atoms with E-state index in [1.54, 1.807) is 6.07 Å². The number of halogens is 1. The smallest absolute Gasteiger partial charge is 0.148 e. The standard InChI is InChI=1S/C10H13BrN2O2S2/c1-17(14,15)5-4-16-9-3-2-7(11)6-8(9)10(12)13/h2-3,6H,4-5H2,1H3,(H3,12,13). The van der Waals surface area contributed by atoms with Crippen molar-refractivity contribution in [3.8, 4) is 0 Å². The topological polar surface area (TPSA) is 84.0 Å². The number of thioether (sulfide) groups is 1. The first kappa shape index (κ1) is 14.5. The first-order valence-electron chi connectivity index (χ1n) is 4.74. The maximum atomic E-state index is 11.0. The first-order chi connectivity index (χ1) is 7.79. The Morgan fingerprint density at radius 2 is 2.18 bits per heavy atom. The van der Waals surface area contributed by atoms with Crippen LogP contribution in [0.5, 0.6) is 0 Å². The van der Waals surface area contributed by atoms with Crippen molar-refractivity contribution in [2.24, 2.45) is 5.73 Å². The van der Waals surface area contributed by atoms with E-state index in [2.05, 4.69) is 15.9 Å². The molecule has 0 aliphatic heterocycles. The average Bonchev–Trinajstić information content (AvgIpc) is 2.18. The predicted molar refractivity (Wildman–Crippen MR) is 75.6 cm³/mol. The Bertz CT molecular complexity index is 529. The van der Waals surface area contributed by atoms with Gasteiger partial charge in [0, 0.05) is 26.9 Å². The van der Waals surface area contributed by atoms with Gasteiger partial charge in [-0.3, -0.25) is 5.41 Å². The van der Waals surface area contributed by atoms with E-state index < -0.39 is 9.84 Å². The van der Waals surface area contributed by atoms with Crippen LogP contribution in [-0.2, 0) is 9.84 Å². The van der Waals surface area contributed by atoms with Gasteiger partial charge in [0.15, 0.2) is 0 Å². The van der Waals surface area contributed by atoms with Crippen LogP contribution in [0.15, 0.2) is 27.6 Å². The molecule has 1 aromatic rings. The van der Waals surface area contributed by atoms with Crippen molar-refractivity contribution in [3.05, 3.63) is 28.2 Å². The summed E-state index contributed by atoms with van der Waals surface area (Å²) in [5.41, 5.74) is 6.09. The van der Waals surface area contributed by atoms with E-state index in [4.69, 9.17) is 11.1 Å². The Morgan fingerprint density at radius 1 is 1.53 bits per heavy atom. The second-order valence-electron chi connectivity index (χ2n) is 3.53. The number of hydrogen-bond acceptors (Lipinski definition) is 4. The maximum absolute atomic E-state index is 11.0. The molecule has 0 heterocycles. The van der Waals surface area contributed by atoms with E-state index in [9.17, 15) is 8.42 Å². The van der Waals surface area contributed by atoms with Crippen LogP contribution in [-0.4, -0.2) is 32.0 Å². The van der Waals surface area contributed by atoms with Crippen LogP contribution in [0, 0.1) is 5.41 Å². The molecule has 1 aromatic carbocycles. The van der Waals surface area contributed by atoms with Crippen molar-refractivity contribution < 1.29 is 8.42 Å². The van der Waals surface area contributed by atoms with Crippen LogP contribution < -0.4 is 5.73 Å². The number of amidine groups is 1. The third-order valence-corrected chi connectivity index (χ3v) is 4.72. The van der Waals surface area contributed by atoms with E-state index in [0.717, 1.165) is 9.37 Å². The lowest BCUT2D eigenvalue weighted by Crippen LogP contribution is -2.13. The number of nitrogens with one attached hydrogen (secondary N) is 1. The Balaban J connectivity index is 2.81. The largest absolute Gasteiger partial charge is 0.384 e. The average molecular weight is 337 g/mol. The quantitative estimate of drug-likeness (QED) is 0.488. The van der Waals surface area contributed by atoms with Crippen molar-refractivity contribution in [1.29, 1.82) is 5.41 Å². The van der Waals surface area contributed by atoms with E-state index in [0.29, 0.717) is 11.3 Å². The molecule has 0 bridgehead atoms. The fourth-order valence-corrected chi connectivity index (χ4v) is 3.76. The normalized spacial score (nSPS) is 11.4. The molecule has 0 amide bonds. The zero-order valence-corrected chi connectivity index (χ0v) is 12.5. The minimum Gasteiger partial charge on any atom is -0.384 e. The van der Waals surface area contributed by atoms with Crippen molar-refractivity contribution >= 4 is 43.4 Å². The van der Waals surface area contributed by atoms with Crippen molar-refractivity contribution in [2.45, 2.75) is 4.90 Å². The van der Waals surface area contributed by atoms with Crippen LogP contribution in [0.1, 0.15) is 5.56 Å². The molecule has 4 nitrogen and oxygen atoms in total. The zero-order valence-electron chi connectivity index (χ0n) is 9.23. The maximum Gasteiger partial charge on any atom is 0.148 e. The summed E-state index contributed by atoms with van der Waals surface area (Å²) >= 11 is 4.70. The summed E-state index contributed by atoms with van der Waals surface area (Å²) in [5, 5.41) is 7.46. The van der Waals surface area contributed by atoms with Gasteiger partial charge in [-0.15, -0.1) is 11.8 Å². The Labute approximate surface area is 114 Å². The number of nitrogen functional groups attached to an aromatic ring is 1. The summed E-state index contributed by atoms with van der Waals surface area (Å²) in [5.74, 6) is 0.555. The minimum atomic E-state index is -2.95. The molecule has 17 heavy (non-hydrogen) atoms. The SMILES string of the molecule is CS(=O)(=O)CCSc1ccc(Br)cc1C(=N)N. The van der Waals surface area contributed by atoms with Gasteiger partial charge in [0.25, 0.3) is 0 Å². The molecule has 0 aromatic heterocycles. The third-order valence-electron chi connectivity index (χ3n) is 1.94. The summed E-state index contributed by atoms with van der Waals surface area (Å²) in [6.07, 6.45) is 1.21. The molecule has 0 saturated heterocycles. The highest BCUT2D eigenvalue weighted by atomic mass is 79.9. The molecule has 3 N–H and O–H groups in total. The highest BCUT2D eigenvalue weighted by molar-refractivity contribution is 9.10. The first-order valence-corrected chi connectivity index (χ1v) is 8.58. The molecular formula is C10H13BrN2O2S2. The summed E-state index contributed by atoms with van der Waals surface area (Å²) in [6.45, 7) is 0. The molecule has 0 spiro atoms. The van der Waals surface area contributed by atoms with Crippen LogP contribution in [0.4, 0.5) is 0 Å². The highest BCUT2D eigenvalue weighted by Gasteiger charge is 2.08. The van der Waals surface area contributed by atoms with Crippen molar-refractivity contribution in [3.63, 3.8) is 0 Å².